The van der Waals surface area contributed by atoms with Gasteiger partial charge < -0.3 is 24.1 Å². The molecule has 5 heteroatoms. The Hall–Kier alpha value is -1.56. The normalized spacial score (nSPS) is 27.3. The van der Waals surface area contributed by atoms with Crippen LogP contribution in [0.4, 0.5) is 0 Å². The first-order valence-corrected chi connectivity index (χ1v) is 9.26. The minimum atomic E-state index is -0.621. The van der Waals surface area contributed by atoms with Gasteiger partial charge in [-0.3, -0.25) is 0 Å². The van der Waals surface area contributed by atoms with Gasteiger partial charge in [0.2, 0.25) is 0 Å². The number of aliphatic hydroxyl groups excluding tert-OH is 1. The van der Waals surface area contributed by atoms with Crippen LogP contribution >= 0.6 is 0 Å². The number of allylic oxidation sites excluding steroid dienone is 2. The summed E-state index contributed by atoms with van der Waals surface area (Å²) in [7, 11) is 3.27. The lowest BCUT2D eigenvalue weighted by Crippen LogP contribution is -2.51. The summed E-state index contributed by atoms with van der Waals surface area (Å²) in [4.78, 5) is 0. The number of methoxy groups -OCH3 is 2. The second kappa shape index (κ2) is 7.59. The standard InChI is InChI=1S/C21H30O5/c1-15(2)7-8-20(16-5-6-17(23-3)18(13-16)24-4)9-10-21(14-19(20)22)25-11-12-26-21/h5-7,13,19,22H,8-12,14H2,1-4H3/t19-,20-/m1/s1. The van der Waals surface area contributed by atoms with E-state index in [4.69, 9.17) is 18.9 Å². The molecule has 1 N–H and O–H groups in total. The van der Waals surface area contributed by atoms with Crippen LogP contribution in [0.25, 0.3) is 0 Å². The minimum absolute atomic E-state index is 0.391. The molecule has 2 atom stereocenters. The first kappa shape index (κ1) is 19.2. The molecule has 144 valence electrons. The van der Waals surface area contributed by atoms with E-state index in [1.807, 2.05) is 18.2 Å². The molecule has 1 spiro atoms. The summed E-state index contributed by atoms with van der Waals surface area (Å²) >= 11 is 0. The van der Waals surface area contributed by atoms with Gasteiger partial charge in [-0.2, -0.15) is 0 Å². The number of benzene rings is 1. The van der Waals surface area contributed by atoms with Gasteiger partial charge >= 0.3 is 0 Å². The van der Waals surface area contributed by atoms with Crippen molar-refractivity contribution < 1.29 is 24.1 Å². The molecule has 1 saturated heterocycles. The van der Waals surface area contributed by atoms with Crippen LogP contribution in [0.3, 0.4) is 0 Å². The van der Waals surface area contributed by atoms with Crippen LogP contribution in [0.2, 0.25) is 0 Å². The van der Waals surface area contributed by atoms with Crippen molar-refractivity contribution in [3.8, 4) is 11.5 Å². The van der Waals surface area contributed by atoms with Crippen molar-refractivity contribution in [3.05, 3.63) is 35.4 Å². The zero-order valence-electron chi connectivity index (χ0n) is 16.2. The third kappa shape index (κ3) is 3.48. The van der Waals surface area contributed by atoms with Gasteiger partial charge in [-0.15, -0.1) is 0 Å². The lowest BCUT2D eigenvalue weighted by molar-refractivity contribution is -0.209. The molecule has 1 aliphatic heterocycles. The fourth-order valence-corrected chi connectivity index (χ4v) is 4.16. The molecule has 1 aliphatic carbocycles. The average molecular weight is 362 g/mol. The predicted octanol–water partition coefficient (Wildman–Crippen LogP) is 3.59. The van der Waals surface area contributed by atoms with Crippen molar-refractivity contribution in [3.63, 3.8) is 0 Å². The Morgan fingerprint density at radius 2 is 1.85 bits per heavy atom. The number of hydrogen-bond acceptors (Lipinski definition) is 5. The van der Waals surface area contributed by atoms with Crippen LogP contribution in [-0.4, -0.2) is 44.4 Å². The molecule has 2 aliphatic rings. The van der Waals surface area contributed by atoms with Crippen LogP contribution in [0.5, 0.6) is 11.5 Å². The van der Waals surface area contributed by atoms with E-state index in [1.54, 1.807) is 14.2 Å². The van der Waals surface area contributed by atoms with Gasteiger partial charge in [0, 0.05) is 18.3 Å². The van der Waals surface area contributed by atoms with Gasteiger partial charge in [-0.05, 0) is 44.4 Å². The molecular weight excluding hydrogens is 332 g/mol. The van der Waals surface area contributed by atoms with Crippen LogP contribution in [0.15, 0.2) is 29.8 Å². The maximum atomic E-state index is 11.2. The lowest BCUT2D eigenvalue weighted by atomic mass is 9.63. The molecule has 1 aromatic carbocycles. The van der Waals surface area contributed by atoms with Crippen LogP contribution in [0, 0.1) is 0 Å². The number of ether oxygens (including phenoxy) is 4. The topological polar surface area (TPSA) is 57.2 Å². The average Bonchev–Trinajstić information content (AvgIpc) is 3.09. The fourth-order valence-electron chi connectivity index (χ4n) is 4.16. The summed E-state index contributed by atoms with van der Waals surface area (Å²) < 4.78 is 22.6. The quantitative estimate of drug-likeness (QED) is 0.812. The van der Waals surface area contributed by atoms with Gasteiger partial charge in [0.25, 0.3) is 0 Å². The van der Waals surface area contributed by atoms with Crippen molar-refractivity contribution in [1.82, 2.24) is 0 Å². The zero-order valence-corrected chi connectivity index (χ0v) is 16.2. The van der Waals surface area contributed by atoms with E-state index in [-0.39, 0.29) is 0 Å². The monoisotopic (exact) mass is 362 g/mol. The molecule has 26 heavy (non-hydrogen) atoms. The van der Waals surface area contributed by atoms with Crippen molar-refractivity contribution in [1.29, 1.82) is 0 Å². The first-order chi connectivity index (χ1) is 12.4. The third-order valence-electron chi connectivity index (χ3n) is 5.74. The van der Waals surface area contributed by atoms with Crippen LogP contribution < -0.4 is 9.47 Å². The Morgan fingerprint density at radius 1 is 1.15 bits per heavy atom. The molecule has 0 bridgehead atoms. The smallest absolute Gasteiger partial charge is 0.171 e. The van der Waals surface area contributed by atoms with Crippen molar-refractivity contribution in [2.24, 2.45) is 0 Å². The lowest BCUT2D eigenvalue weighted by Gasteiger charge is -2.47. The van der Waals surface area contributed by atoms with E-state index in [0.717, 1.165) is 24.8 Å². The summed E-state index contributed by atoms with van der Waals surface area (Å²) in [6, 6.07) is 5.95. The summed E-state index contributed by atoms with van der Waals surface area (Å²) in [6.45, 7) is 5.37. The molecule has 2 fully saturated rings. The molecule has 0 unspecified atom stereocenters. The number of aliphatic hydroxyl groups is 1. The van der Waals surface area contributed by atoms with E-state index in [9.17, 15) is 5.11 Å². The largest absolute Gasteiger partial charge is 0.493 e. The number of hydrogen-bond donors (Lipinski definition) is 1. The molecular formula is C21H30O5. The van der Waals surface area contributed by atoms with Crippen LogP contribution in [0.1, 0.15) is 45.1 Å². The summed E-state index contributed by atoms with van der Waals surface area (Å²) in [5.41, 5.74) is 1.91. The van der Waals surface area contributed by atoms with Crippen molar-refractivity contribution in [2.45, 2.75) is 56.8 Å². The van der Waals surface area contributed by atoms with E-state index in [0.29, 0.717) is 31.1 Å². The Labute approximate surface area is 155 Å². The Kier molecular flexibility index (Phi) is 5.61. The van der Waals surface area contributed by atoms with Crippen LogP contribution in [-0.2, 0) is 14.9 Å². The van der Waals surface area contributed by atoms with E-state index >= 15 is 0 Å². The van der Waals surface area contributed by atoms with E-state index in [1.165, 1.54) is 5.57 Å². The zero-order chi connectivity index (χ0) is 18.8. The molecule has 1 aromatic rings. The highest BCUT2D eigenvalue weighted by molar-refractivity contribution is 5.46. The Balaban J connectivity index is 1.98. The van der Waals surface area contributed by atoms with Gasteiger partial charge in [0.15, 0.2) is 17.3 Å². The van der Waals surface area contributed by atoms with Gasteiger partial charge in [-0.1, -0.05) is 17.7 Å². The summed E-state index contributed by atoms with van der Waals surface area (Å²) in [5.74, 6) is 0.755. The first-order valence-electron chi connectivity index (χ1n) is 9.26. The maximum absolute atomic E-state index is 11.2. The predicted molar refractivity (Wildman–Crippen MR) is 99.8 cm³/mol. The van der Waals surface area contributed by atoms with Crippen molar-refractivity contribution in [2.75, 3.05) is 27.4 Å². The molecule has 0 amide bonds. The molecule has 1 saturated carbocycles. The highest BCUT2D eigenvalue weighted by atomic mass is 16.7. The maximum Gasteiger partial charge on any atom is 0.171 e. The minimum Gasteiger partial charge on any atom is -0.493 e. The van der Waals surface area contributed by atoms with Gasteiger partial charge in [0.1, 0.15) is 0 Å². The van der Waals surface area contributed by atoms with Gasteiger partial charge in [-0.25, -0.2) is 0 Å². The second-order valence-electron chi connectivity index (χ2n) is 7.54. The highest BCUT2D eigenvalue weighted by Gasteiger charge is 2.52. The molecule has 3 rings (SSSR count). The Morgan fingerprint density at radius 3 is 2.42 bits per heavy atom. The van der Waals surface area contributed by atoms with E-state index < -0.39 is 17.3 Å². The summed E-state index contributed by atoms with van der Waals surface area (Å²) in [5, 5.41) is 11.2. The molecule has 5 nitrogen and oxygen atoms in total. The molecule has 1 heterocycles. The summed E-state index contributed by atoms with van der Waals surface area (Å²) in [6.07, 6.45) is 4.44. The third-order valence-corrected chi connectivity index (χ3v) is 5.74. The highest BCUT2D eigenvalue weighted by Crippen LogP contribution is 2.50. The number of rotatable bonds is 5. The van der Waals surface area contributed by atoms with Gasteiger partial charge in [0.05, 0.1) is 33.5 Å². The molecule has 0 radical (unpaired) electrons. The fraction of sp³-hybridized carbons (Fsp3) is 0.619. The van der Waals surface area contributed by atoms with Crippen molar-refractivity contribution >= 4 is 0 Å². The second-order valence-corrected chi connectivity index (χ2v) is 7.54. The SMILES string of the molecule is COc1ccc([C@@]2(CC=C(C)C)CCC3(C[C@H]2O)OCCO3)cc1OC. The molecule has 0 aromatic heterocycles. The Bertz CT molecular complexity index is 658. The van der Waals surface area contributed by atoms with E-state index in [2.05, 4.69) is 19.9 Å².